The van der Waals surface area contributed by atoms with E-state index >= 15 is 0 Å². The van der Waals surface area contributed by atoms with Gasteiger partial charge in [0.15, 0.2) is 0 Å². The number of rotatable bonds is 2. The van der Waals surface area contributed by atoms with Crippen LogP contribution in [0.15, 0.2) is 12.3 Å². The van der Waals surface area contributed by atoms with Crippen LogP contribution in [0.4, 0.5) is 11.5 Å². The lowest BCUT2D eigenvalue weighted by Gasteiger charge is -2.14. The van der Waals surface area contributed by atoms with Crippen molar-refractivity contribution < 1.29 is 14.8 Å². The van der Waals surface area contributed by atoms with E-state index in [9.17, 15) is 20.0 Å². The van der Waals surface area contributed by atoms with Crippen molar-refractivity contribution in [1.82, 2.24) is 4.98 Å². The van der Waals surface area contributed by atoms with Crippen molar-refractivity contribution in [2.24, 2.45) is 0 Å². The van der Waals surface area contributed by atoms with Crippen LogP contribution in [-0.2, 0) is 4.79 Å². The fraction of sp³-hybridized carbons (Fsp3) is 0.333. The van der Waals surface area contributed by atoms with Crippen molar-refractivity contribution >= 4 is 29.0 Å². The van der Waals surface area contributed by atoms with Crippen LogP contribution < -0.4 is 4.90 Å². The molecule has 1 aromatic heterocycles. The Kier molecular flexibility index (Phi) is 2.95. The van der Waals surface area contributed by atoms with Gasteiger partial charge in [-0.3, -0.25) is 19.8 Å². The summed E-state index contributed by atoms with van der Waals surface area (Å²) in [5, 5.41) is 20.3. The first-order valence-corrected chi connectivity index (χ1v) is 5.15. The van der Waals surface area contributed by atoms with E-state index in [1.54, 1.807) is 0 Å². The monoisotopic (exact) mass is 257 g/mol. The average molecular weight is 258 g/mol. The SMILES string of the molecule is O=C1CC(O)CN1c1ncc(Cl)cc1[N+](=O)[O-]. The Labute approximate surface area is 101 Å². The van der Waals surface area contributed by atoms with E-state index < -0.39 is 16.9 Å². The van der Waals surface area contributed by atoms with E-state index in [4.69, 9.17) is 11.6 Å². The van der Waals surface area contributed by atoms with E-state index in [2.05, 4.69) is 4.98 Å². The first-order chi connectivity index (χ1) is 7.99. The maximum absolute atomic E-state index is 11.5. The summed E-state index contributed by atoms with van der Waals surface area (Å²) in [7, 11) is 0. The average Bonchev–Trinajstić information content (AvgIpc) is 2.57. The largest absolute Gasteiger partial charge is 0.391 e. The molecule has 1 amide bonds. The van der Waals surface area contributed by atoms with Gasteiger partial charge in [-0.25, -0.2) is 4.98 Å². The van der Waals surface area contributed by atoms with E-state index in [0.29, 0.717) is 0 Å². The van der Waals surface area contributed by atoms with Crippen molar-refractivity contribution in [3.05, 3.63) is 27.4 Å². The number of β-amino-alcohol motifs (C(OH)–C–C–N with tert-alkyl or cyclic N) is 1. The highest BCUT2D eigenvalue weighted by atomic mass is 35.5. The number of carbonyl (C=O) groups excluding carboxylic acids is 1. The van der Waals surface area contributed by atoms with Gasteiger partial charge in [0.05, 0.1) is 29.0 Å². The number of amides is 1. The summed E-state index contributed by atoms with van der Waals surface area (Å²) in [5.74, 6) is -0.476. The molecule has 0 bridgehead atoms. The van der Waals surface area contributed by atoms with Crippen molar-refractivity contribution in [3.63, 3.8) is 0 Å². The first kappa shape index (κ1) is 11.7. The summed E-state index contributed by atoms with van der Waals surface area (Å²) in [6.07, 6.45) is 0.350. The zero-order valence-corrected chi connectivity index (χ0v) is 9.29. The Balaban J connectivity index is 2.45. The molecule has 1 N–H and O–H groups in total. The smallest absolute Gasteiger partial charge is 0.313 e. The Hall–Kier alpha value is -1.73. The Morgan fingerprint density at radius 1 is 1.65 bits per heavy atom. The molecule has 0 aromatic carbocycles. The van der Waals surface area contributed by atoms with Crippen LogP contribution in [0.2, 0.25) is 5.02 Å². The van der Waals surface area contributed by atoms with Crippen molar-refractivity contribution in [1.29, 1.82) is 0 Å². The Morgan fingerprint density at radius 3 is 2.88 bits per heavy atom. The number of pyridine rings is 1. The molecule has 0 spiro atoms. The molecule has 1 aromatic rings. The van der Waals surface area contributed by atoms with Crippen LogP contribution in [0.5, 0.6) is 0 Å². The van der Waals surface area contributed by atoms with Crippen molar-refractivity contribution in [2.45, 2.75) is 12.5 Å². The third-order valence-corrected chi connectivity index (χ3v) is 2.58. The Morgan fingerprint density at radius 2 is 2.35 bits per heavy atom. The number of aliphatic hydroxyl groups is 1. The molecule has 8 heteroatoms. The minimum absolute atomic E-state index is 0.00824. The number of aromatic nitrogens is 1. The molecular weight excluding hydrogens is 250 g/mol. The fourth-order valence-electron chi connectivity index (χ4n) is 1.66. The molecule has 0 saturated carbocycles. The standard InChI is InChI=1S/C9H8ClN3O4/c10-5-1-7(13(16)17)9(11-3-5)12-4-6(14)2-8(12)15/h1,3,6,14H,2,4H2. The molecule has 0 radical (unpaired) electrons. The number of hydrogen-bond acceptors (Lipinski definition) is 5. The summed E-state index contributed by atoms with van der Waals surface area (Å²) >= 11 is 5.61. The number of carbonyl (C=O) groups is 1. The number of hydrogen-bond donors (Lipinski definition) is 1. The molecule has 1 saturated heterocycles. The molecule has 2 heterocycles. The topological polar surface area (TPSA) is 96.6 Å². The van der Waals surface area contributed by atoms with Gasteiger partial charge >= 0.3 is 5.69 Å². The number of aliphatic hydroxyl groups excluding tert-OH is 1. The Bertz CT molecular complexity index is 493. The van der Waals surface area contributed by atoms with Crippen molar-refractivity contribution in [2.75, 3.05) is 11.4 Å². The third-order valence-electron chi connectivity index (χ3n) is 2.37. The van der Waals surface area contributed by atoms with Gasteiger partial charge in [-0.05, 0) is 0 Å². The minimum Gasteiger partial charge on any atom is -0.391 e. The van der Waals surface area contributed by atoms with Crippen LogP contribution in [0.25, 0.3) is 0 Å². The van der Waals surface area contributed by atoms with Gasteiger partial charge in [-0.15, -0.1) is 0 Å². The van der Waals surface area contributed by atoms with Crippen LogP contribution in [0.3, 0.4) is 0 Å². The van der Waals surface area contributed by atoms with Gasteiger partial charge in [0.25, 0.3) is 0 Å². The molecule has 2 rings (SSSR count). The van der Waals surface area contributed by atoms with Gasteiger partial charge in [-0.2, -0.15) is 0 Å². The zero-order chi connectivity index (χ0) is 12.6. The van der Waals surface area contributed by atoms with E-state index in [0.717, 1.165) is 11.0 Å². The molecule has 90 valence electrons. The number of nitrogens with zero attached hydrogens (tertiary/aromatic N) is 3. The normalized spacial score (nSPS) is 19.8. The molecule has 1 unspecified atom stereocenters. The molecule has 17 heavy (non-hydrogen) atoms. The quantitative estimate of drug-likeness (QED) is 0.623. The molecule has 1 fully saturated rings. The number of nitro groups is 1. The zero-order valence-electron chi connectivity index (χ0n) is 8.54. The lowest BCUT2D eigenvalue weighted by Crippen LogP contribution is -2.27. The van der Waals surface area contributed by atoms with E-state index in [-0.39, 0.29) is 29.5 Å². The van der Waals surface area contributed by atoms with Crippen LogP contribution in [0.1, 0.15) is 6.42 Å². The summed E-state index contributed by atoms with van der Waals surface area (Å²) in [6.45, 7) is 0.00824. The lowest BCUT2D eigenvalue weighted by atomic mass is 10.3. The second-order valence-corrected chi connectivity index (χ2v) is 4.05. The van der Waals surface area contributed by atoms with Crippen molar-refractivity contribution in [3.8, 4) is 0 Å². The maximum atomic E-state index is 11.5. The molecule has 0 aliphatic carbocycles. The predicted molar refractivity (Wildman–Crippen MR) is 58.9 cm³/mol. The molecular formula is C9H8ClN3O4. The minimum atomic E-state index is -0.820. The summed E-state index contributed by atoms with van der Waals surface area (Å²) < 4.78 is 0. The molecule has 7 nitrogen and oxygen atoms in total. The van der Waals surface area contributed by atoms with E-state index in [1.807, 2.05) is 0 Å². The van der Waals surface area contributed by atoms with Gasteiger partial charge in [0.1, 0.15) is 0 Å². The molecule has 1 aliphatic heterocycles. The van der Waals surface area contributed by atoms with Gasteiger partial charge in [-0.1, -0.05) is 11.6 Å². The summed E-state index contributed by atoms with van der Waals surface area (Å²) in [4.78, 5) is 26.6. The number of anilines is 1. The predicted octanol–water partition coefficient (Wildman–Crippen LogP) is 0.741. The second-order valence-electron chi connectivity index (χ2n) is 3.62. The van der Waals surface area contributed by atoms with E-state index in [1.165, 1.54) is 6.20 Å². The molecule has 1 atom stereocenters. The first-order valence-electron chi connectivity index (χ1n) is 4.77. The highest BCUT2D eigenvalue weighted by Gasteiger charge is 2.34. The highest BCUT2D eigenvalue weighted by Crippen LogP contribution is 2.30. The lowest BCUT2D eigenvalue weighted by molar-refractivity contribution is -0.384. The highest BCUT2D eigenvalue weighted by molar-refractivity contribution is 6.30. The fourth-order valence-corrected chi connectivity index (χ4v) is 1.81. The van der Waals surface area contributed by atoms with Crippen LogP contribution >= 0.6 is 11.6 Å². The third kappa shape index (κ3) is 2.20. The summed E-state index contributed by atoms with van der Waals surface area (Å²) in [6, 6.07) is 1.13. The van der Waals surface area contributed by atoms with Gasteiger partial charge in [0, 0.05) is 12.3 Å². The maximum Gasteiger partial charge on any atom is 0.313 e. The molecule has 1 aliphatic rings. The summed E-state index contributed by atoms with van der Waals surface area (Å²) in [5.41, 5.74) is -0.347. The second kappa shape index (κ2) is 4.27. The number of halogens is 1. The van der Waals surface area contributed by atoms with Crippen LogP contribution in [-0.4, -0.2) is 33.6 Å². The van der Waals surface area contributed by atoms with Gasteiger partial charge < -0.3 is 5.11 Å². The van der Waals surface area contributed by atoms with Gasteiger partial charge in [0.2, 0.25) is 11.7 Å². The van der Waals surface area contributed by atoms with Crippen LogP contribution in [0, 0.1) is 10.1 Å².